The van der Waals surface area contributed by atoms with Crippen molar-refractivity contribution in [2.75, 3.05) is 33.3 Å². The first-order valence-electron chi connectivity index (χ1n) is 9.39. The van der Waals surface area contributed by atoms with Crippen LogP contribution in [0.3, 0.4) is 0 Å². The van der Waals surface area contributed by atoms with Gasteiger partial charge in [-0.25, -0.2) is 4.79 Å². The largest absolute Gasteiger partial charge is 0.490 e. The van der Waals surface area contributed by atoms with Crippen LogP contribution < -0.4 is 0 Å². The topological polar surface area (TPSA) is 87.2 Å². The second-order valence-corrected chi connectivity index (χ2v) is 7.21. The van der Waals surface area contributed by atoms with Gasteiger partial charge in [0.15, 0.2) is 0 Å². The van der Waals surface area contributed by atoms with Crippen LogP contribution in [0.15, 0.2) is 0 Å². The average Bonchev–Trinajstić information content (AvgIpc) is 2.61. The number of nitrogens with zero attached hydrogens (tertiary/aromatic N) is 2. The van der Waals surface area contributed by atoms with Crippen molar-refractivity contribution in [3.05, 3.63) is 0 Å². The molecule has 7 nitrogen and oxygen atoms in total. The van der Waals surface area contributed by atoms with Crippen molar-refractivity contribution in [3.63, 3.8) is 0 Å². The van der Waals surface area contributed by atoms with Crippen molar-refractivity contribution in [2.45, 2.75) is 63.6 Å². The maximum Gasteiger partial charge on any atom is 0.490 e. The molecule has 1 N–H and O–H groups in total. The third-order valence-electron chi connectivity index (χ3n) is 5.22. The van der Waals surface area contributed by atoms with Gasteiger partial charge in [0, 0.05) is 33.0 Å². The summed E-state index contributed by atoms with van der Waals surface area (Å²) in [5.74, 6) is -2.68. The van der Waals surface area contributed by atoms with E-state index in [0.29, 0.717) is 6.42 Å². The van der Waals surface area contributed by atoms with Gasteiger partial charge in [-0.15, -0.1) is 0 Å². The Balaban J connectivity index is 0.000000480. The van der Waals surface area contributed by atoms with Gasteiger partial charge in [0.1, 0.15) is 0 Å². The maximum atomic E-state index is 12.0. The lowest BCUT2D eigenvalue weighted by atomic mass is 9.78. The molecule has 2 fully saturated rings. The Morgan fingerprint density at radius 2 is 1.68 bits per heavy atom. The Morgan fingerprint density at radius 1 is 1.11 bits per heavy atom. The number of halogens is 3. The number of rotatable bonds is 4. The minimum absolute atomic E-state index is 0.0492. The predicted molar refractivity (Wildman–Crippen MR) is 94.6 cm³/mol. The van der Waals surface area contributed by atoms with Gasteiger partial charge in [0.2, 0.25) is 5.91 Å². The molecule has 2 aliphatic rings. The zero-order chi connectivity index (χ0) is 21.4. The molecule has 1 heterocycles. The van der Waals surface area contributed by atoms with Gasteiger partial charge in [0.25, 0.3) is 0 Å². The number of piperazine rings is 1. The zero-order valence-corrected chi connectivity index (χ0v) is 16.4. The van der Waals surface area contributed by atoms with Gasteiger partial charge in [-0.1, -0.05) is 19.3 Å². The lowest BCUT2D eigenvalue weighted by Crippen LogP contribution is -2.64. The summed E-state index contributed by atoms with van der Waals surface area (Å²) in [6, 6.07) is 0. The van der Waals surface area contributed by atoms with Crippen LogP contribution in [0, 0.1) is 0 Å². The smallest absolute Gasteiger partial charge is 0.475 e. The third-order valence-corrected chi connectivity index (χ3v) is 5.22. The number of carbonyl (C=O) groups excluding carboxylic acids is 2. The number of aliphatic carboxylic acids is 1. The van der Waals surface area contributed by atoms with Gasteiger partial charge in [-0.2, -0.15) is 13.2 Å². The van der Waals surface area contributed by atoms with Crippen molar-refractivity contribution in [1.29, 1.82) is 0 Å². The van der Waals surface area contributed by atoms with Crippen LogP contribution in [0.1, 0.15) is 51.9 Å². The molecular weight excluding hydrogens is 381 g/mol. The first kappa shape index (κ1) is 24.2. The maximum absolute atomic E-state index is 12.0. The van der Waals surface area contributed by atoms with Crippen LogP contribution in [0.2, 0.25) is 0 Å². The van der Waals surface area contributed by atoms with Crippen LogP contribution in [0.25, 0.3) is 0 Å². The van der Waals surface area contributed by atoms with Crippen molar-refractivity contribution < 1.29 is 37.4 Å². The summed E-state index contributed by atoms with van der Waals surface area (Å²) in [4.78, 5) is 36.6. The molecule has 10 heteroatoms. The van der Waals surface area contributed by atoms with E-state index in [4.69, 9.17) is 9.90 Å². The van der Waals surface area contributed by atoms with E-state index in [2.05, 4.69) is 14.5 Å². The second-order valence-electron chi connectivity index (χ2n) is 7.21. The van der Waals surface area contributed by atoms with E-state index in [1.807, 2.05) is 0 Å². The van der Waals surface area contributed by atoms with E-state index in [1.165, 1.54) is 26.4 Å². The number of hydrogen-bond acceptors (Lipinski definition) is 5. The van der Waals surface area contributed by atoms with E-state index < -0.39 is 12.1 Å². The molecule has 1 amide bonds. The van der Waals surface area contributed by atoms with Crippen molar-refractivity contribution >= 4 is 17.8 Å². The monoisotopic (exact) mass is 410 g/mol. The number of ether oxygens (including phenoxy) is 1. The fourth-order valence-corrected chi connectivity index (χ4v) is 3.93. The van der Waals surface area contributed by atoms with E-state index in [-0.39, 0.29) is 17.4 Å². The molecule has 1 saturated carbocycles. The lowest BCUT2D eigenvalue weighted by Gasteiger charge is -2.52. The minimum Gasteiger partial charge on any atom is -0.475 e. The van der Waals surface area contributed by atoms with Gasteiger partial charge in [-0.05, 0) is 25.8 Å². The normalized spacial score (nSPS) is 19.5. The van der Waals surface area contributed by atoms with E-state index >= 15 is 0 Å². The molecule has 1 saturated heterocycles. The molecule has 1 aliphatic heterocycles. The van der Waals surface area contributed by atoms with Crippen LogP contribution in [0.5, 0.6) is 0 Å². The molecule has 0 bridgehead atoms. The van der Waals surface area contributed by atoms with Gasteiger partial charge >= 0.3 is 18.1 Å². The Morgan fingerprint density at radius 3 is 2.14 bits per heavy atom. The summed E-state index contributed by atoms with van der Waals surface area (Å²) >= 11 is 0. The van der Waals surface area contributed by atoms with Crippen LogP contribution >= 0.6 is 0 Å². The molecule has 162 valence electrons. The number of carboxylic acid groups (broad SMARTS) is 1. The SMILES string of the molecule is COC(=O)CCCN1CCN(C(C)=O)C2(CCCCC2)C1.O=C(O)C(F)(F)F. The molecular formula is C18H29F3N2O5. The Kier molecular flexibility index (Phi) is 9.19. The number of alkyl halides is 3. The number of hydrogen-bond donors (Lipinski definition) is 1. The zero-order valence-electron chi connectivity index (χ0n) is 16.4. The molecule has 0 aromatic carbocycles. The highest BCUT2D eigenvalue weighted by Gasteiger charge is 2.43. The number of carboxylic acids is 1. The standard InChI is InChI=1S/C16H28N2O3.C2HF3O2/c1-14(19)18-12-11-17(10-6-7-15(20)21-2)13-16(18)8-4-3-5-9-16;3-2(4,5)1(6)7/h3-13H2,1-2H3;(H,6,7). The number of esters is 1. The van der Waals surface area contributed by atoms with Gasteiger partial charge in [0.05, 0.1) is 12.6 Å². The molecule has 0 atom stereocenters. The Labute approximate surface area is 162 Å². The first-order chi connectivity index (χ1) is 13.0. The first-order valence-corrected chi connectivity index (χ1v) is 9.39. The summed E-state index contributed by atoms with van der Waals surface area (Å²) in [5, 5.41) is 7.12. The molecule has 0 aromatic heterocycles. The number of carbonyl (C=O) groups is 3. The molecule has 28 heavy (non-hydrogen) atoms. The highest BCUT2D eigenvalue weighted by Crippen LogP contribution is 2.36. The quantitative estimate of drug-likeness (QED) is 0.717. The second kappa shape index (κ2) is 10.6. The molecule has 1 aliphatic carbocycles. The summed E-state index contributed by atoms with van der Waals surface area (Å²) in [6.45, 7) is 5.33. The minimum atomic E-state index is -5.08. The summed E-state index contributed by atoms with van der Waals surface area (Å²) in [6.07, 6.45) is 2.22. The van der Waals surface area contributed by atoms with Crippen molar-refractivity contribution in [3.8, 4) is 0 Å². The van der Waals surface area contributed by atoms with E-state index in [9.17, 15) is 22.8 Å². The highest BCUT2D eigenvalue weighted by molar-refractivity contribution is 5.74. The van der Waals surface area contributed by atoms with Crippen LogP contribution in [0.4, 0.5) is 13.2 Å². The molecule has 1 spiro atoms. The Bertz CT molecular complexity index is 548. The Hall–Kier alpha value is -1.84. The fraction of sp³-hybridized carbons (Fsp3) is 0.833. The predicted octanol–water partition coefficient (Wildman–Crippen LogP) is 2.44. The van der Waals surface area contributed by atoms with Gasteiger partial charge < -0.3 is 14.7 Å². The fourth-order valence-electron chi connectivity index (χ4n) is 3.93. The van der Waals surface area contributed by atoms with E-state index in [0.717, 1.165) is 45.4 Å². The third kappa shape index (κ3) is 7.29. The van der Waals surface area contributed by atoms with Crippen molar-refractivity contribution in [2.24, 2.45) is 0 Å². The number of amides is 1. The summed E-state index contributed by atoms with van der Waals surface area (Å²) < 4.78 is 36.4. The molecule has 2 rings (SSSR count). The molecule has 0 unspecified atom stereocenters. The van der Waals surface area contributed by atoms with Crippen molar-refractivity contribution in [1.82, 2.24) is 9.80 Å². The summed E-state index contributed by atoms with van der Waals surface area (Å²) in [5.41, 5.74) is 0.0492. The van der Waals surface area contributed by atoms with Crippen LogP contribution in [-0.2, 0) is 19.1 Å². The average molecular weight is 410 g/mol. The summed E-state index contributed by atoms with van der Waals surface area (Å²) in [7, 11) is 1.44. The van der Waals surface area contributed by atoms with Gasteiger partial charge in [-0.3, -0.25) is 14.5 Å². The highest BCUT2D eigenvalue weighted by atomic mass is 19.4. The molecule has 0 aromatic rings. The van der Waals surface area contributed by atoms with E-state index in [1.54, 1.807) is 6.92 Å². The lowest BCUT2D eigenvalue weighted by molar-refractivity contribution is -0.192. The number of methoxy groups -OCH3 is 1. The van der Waals surface area contributed by atoms with Crippen LogP contribution in [-0.4, -0.2) is 77.8 Å². The molecule has 0 radical (unpaired) electrons.